The normalized spacial score (nSPS) is 13.6. The van der Waals surface area contributed by atoms with Crippen LogP contribution < -0.4 is 11.5 Å². The third kappa shape index (κ3) is 2.69. The lowest BCUT2D eigenvalue weighted by Crippen LogP contribution is -2.28. The Balaban J connectivity index is 2.94. The maximum absolute atomic E-state index is 12.2. The van der Waals surface area contributed by atoms with E-state index in [0.29, 0.717) is 0 Å². The van der Waals surface area contributed by atoms with Gasteiger partial charge >= 0.3 is 6.18 Å². The maximum atomic E-state index is 12.2. The first-order chi connectivity index (χ1) is 6.82. The molecule has 1 aromatic rings. The summed E-state index contributed by atoms with van der Waals surface area (Å²) >= 11 is 0. The Morgan fingerprint density at radius 3 is 2.00 bits per heavy atom. The molecule has 0 aromatic heterocycles. The molecule has 1 atom stereocenters. The van der Waals surface area contributed by atoms with E-state index in [1.807, 2.05) is 0 Å². The molecule has 0 aliphatic rings. The van der Waals surface area contributed by atoms with E-state index in [0.717, 1.165) is 12.1 Å². The van der Waals surface area contributed by atoms with Gasteiger partial charge in [-0.05, 0) is 17.7 Å². The Labute approximate surface area is 83.9 Å². The van der Waals surface area contributed by atoms with E-state index in [2.05, 4.69) is 0 Å². The number of carbonyl (C=O) groups is 1. The molecule has 3 nitrogen and oxygen atoms in total. The zero-order valence-electron chi connectivity index (χ0n) is 7.58. The number of primary amides is 1. The van der Waals surface area contributed by atoms with Gasteiger partial charge in [0.15, 0.2) is 0 Å². The number of hydrogen-bond acceptors (Lipinski definition) is 2. The topological polar surface area (TPSA) is 69.1 Å². The third-order valence-electron chi connectivity index (χ3n) is 1.91. The number of carbonyl (C=O) groups excluding carboxylic acids is 1. The molecule has 1 amide bonds. The Morgan fingerprint density at radius 1 is 1.20 bits per heavy atom. The van der Waals surface area contributed by atoms with Crippen molar-refractivity contribution in [3.05, 3.63) is 35.4 Å². The molecule has 82 valence electrons. The molecular formula is C9H9F3N2O. The van der Waals surface area contributed by atoms with E-state index in [1.54, 1.807) is 0 Å². The molecule has 0 radical (unpaired) electrons. The zero-order chi connectivity index (χ0) is 11.6. The smallest absolute Gasteiger partial charge is 0.366 e. The van der Waals surface area contributed by atoms with Gasteiger partial charge < -0.3 is 11.5 Å². The fourth-order valence-corrected chi connectivity index (χ4v) is 1.04. The first-order valence-corrected chi connectivity index (χ1v) is 4.04. The van der Waals surface area contributed by atoms with Crippen LogP contribution in [0.15, 0.2) is 24.3 Å². The van der Waals surface area contributed by atoms with Crippen LogP contribution in [0.3, 0.4) is 0 Å². The van der Waals surface area contributed by atoms with Gasteiger partial charge in [-0.25, -0.2) is 0 Å². The molecule has 0 saturated heterocycles. The summed E-state index contributed by atoms with van der Waals surface area (Å²) in [5.41, 5.74) is 9.93. The van der Waals surface area contributed by atoms with Gasteiger partial charge in [0.1, 0.15) is 6.04 Å². The summed E-state index contributed by atoms with van der Waals surface area (Å²) in [5, 5.41) is 0. The van der Waals surface area contributed by atoms with E-state index >= 15 is 0 Å². The number of alkyl halides is 3. The molecule has 1 unspecified atom stereocenters. The van der Waals surface area contributed by atoms with Crippen LogP contribution in [0.5, 0.6) is 0 Å². The summed E-state index contributed by atoms with van der Waals surface area (Å²) < 4.78 is 36.5. The minimum Gasteiger partial charge on any atom is -0.366 e. The Kier molecular flexibility index (Phi) is 2.99. The number of nitrogens with two attached hydrogens (primary N) is 2. The second kappa shape index (κ2) is 3.90. The average Bonchev–Trinajstić information content (AvgIpc) is 2.15. The van der Waals surface area contributed by atoms with Gasteiger partial charge in [-0.2, -0.15) is 13.2 Å². The van der Waals surface area contributed by atoms with Crippen molar-refractivity contribution in [2.75, 3.05) is 0 Å². The largest absolute Gasteiger partial charge is 0.407 e. The molecule has 0 aliphatic carbocycles. The van der Waals surface area contributed by atoms with E-state index < -0.39 is 18.1 Å². The number of amides is 1. The summed E-state index contributed by atoms with van der Waals surface area (Å²) in [6.07, 6.45) is -4.49. The van der Waals surface area contributed by atoms with Crippen molar-refractivity contribution in [3.8, 4) is 0 Å². The SMILES string of the molecule is NC(=O)c1ccc(C(N)C(F)(F)F)cc1. The van der Waals surface area contributed by atoms with Crippen LogP contribution >= 0.6 is 0 Å². The molecule has 0 fully saturated rings. The Morgan fingerprint density at radius 2 is 1.67 bits per heavy atom. The first-order valence-electron chi connectivity index (χ1n) is 4.04. The predicted octanol–water partition coefficient (Wildman–Crippen LogP) is 1.35. The lowest BCUT2D eigenvalue weighted by atomic mass is 10.1. The van der Waals surface area contributed by atoms with E-state index in [-0.39, 0.29) is 11.1 Å². The van der Waals surface area contributed by atoms with Crippen molar-refractivity contribution >= 4 is 5.91 Å². The number of halogens is 3. The lowest BCUT2D eigenvalue weighted by molar-refractivity contribution is -0.149. The highest BCUT2D eigenvalue weighted by Crippen LogP contribution is 2.30. The van der Waals surface area contributed by atoms with Gasteiger partial charge in [-0.15, -0.1) is 0 Å². The van der Waals surface area contributed by atoms with Gasteiger partial charge in [-0.3, -0.25) is 4.79 Å². The van der Waals surface area contributed by atoms with Gasteiger partial charge in [0.05, 0.1) is 0 Å². The first kappa shape index (κ1) is 11.5. The van der Waals surface area contributed by atoms with Crippen molar-refractivity contribution < 1.29 is 18.0 Å². The molecule has 15 heavy (non-hydrogen) atoms. The average molecular weight is 218 g/mol. The minimum absolute atomic E-state index is 0.104. The van der Waals surface area contributed by atoms with Gasteiger partial charge in [0.2, 0.25) is 5.91 Å². The molecule has 0 saturated carbocycles. The highest BCUT2D eigenvalue weighted by Gasteiger charge is 2.37. The van der Waals surface area contributed by atoms with Crippen molar-refractivity contribution in [1.82, 2.24) is 0 Å². The standard InChI is InChI=1S/C9H9F3N2O/c10-9(11,12)7(13)5-1-3-6(4-2-5)8(14)15/h1-4,7H,13H2,(H2,14,15). The second-order valence-electron chi connectivity index (χ2n) is 3.01. The molecule has 1 rings (SSSR count). The van der Waals surface area contributed by atoms with Gasteiger partial charge in [0, 0.05) is 5.56 Å². The molecular weight excluding hydrogens is 209 g/mol. The molecule has 0 spiro atoms. The highest BCUT2D eigenvalue weighted by molar-refractivity contribution is 5.92. The molecule has 0 bridgehead atoms. The molecule has 0 aliphatic heterocycles. The van der Waals surface area contributed by atoms with Crippen LogP contribution in [-0.4, -0.2) is 12.1 Å². The molecule has 0 heterocycles. The summed E-state index contributed by atoms with van der Waals surface area (Å²) in [6.45, 7) is 0. The van der Waals surface area contributed by atoms with E-state index in [1.165, 1.54) is 12.1 Å². The lowest BCUT2D eigenvalue weighted by Gasteiger charge is -2.15. The maximum Gasteiger partial charge on any atom is 0.407 e. The van der Waals surface area contributed by atoms with Crippen molar-refractivity contribution in [3.63, 3.8) is 0 Å². The van der Waals surface area contributed by atoms with Crippen LogP contribution in [0.4, 0.5) is 13.2 Å². The van der Waals surface area contributed by atoms with Gasteiger partial charge in [0.25, 0.3) is 0 Å². The second-order valence-corrected chi connectivity index (χ2v) is 3.01. The quantitative estimate of drug-likeness (QED) is 0.786. The summed E-state index contributed by atoms with van der Waals surface area (Å²) in [4.78, 5) is 10.6. The van der Waals surface area contributed by atoms with Gasteiger partial charge in [-0.1, -0.05) is 12.1 Å². The fraction of sp³-hybridized carbons (Fsp3) is 0.222. The van der Waals surface area contributed by atoms with E-state index in [4.69, 9.17) is 11.5 Å². The number of benzene rings is 1. The van der Waals surface area contributed by atoms with Crippen molar-refractivity contribution in [2.45, 2.75) is 12.2 Å². The molecule has 4 N–H and O–H groups in total. The van der Waals surface area contributed by atoms with Crippen LogP contribution in [0.2, 0.25) is 0 Å². The number of hydrogen-bond donors (Lipinski definition) is 2. The zero-order valence-corrected chi connectivity index (χ0v) is 7.58. The Bertz CT molecular complexity index is 359. The molecule has 1 aromatic carbocycles. The Hall–Kier alpha value is -1.56. The third-order valence-corrected chi connectivity index (χ3v) is 1.91. The van der Waals surface area contributed by atoms with Crippen LogP contribution in [0.25, 0.3) is 0 Å². The minimum atomic E-state index is -4.49. The van der Waals surface area contributed by atoms with Crippen LogP contribution in [0, 0.1) is 0 Å². The summed E-state index contributed by atoms with van der Waals surface area (Å²) in [5.74, 6) is -0.692. The van der Waals surface area contributed by atoms with E-state index in [9.17, 15) is 18.0 Å². The fourth-order valence-electron chi connectivity index (χ4n) is 1.04. The van der Waals surface area contributed by atoms with Crippen molar-refractivity contribution in [2.24, 2.45) is 11.5 Å². The monoisotopic (exact) mass is 218 g/mol. The summed E-state index contributed by atoms with van der Waals surface area (Å²) in [6, 6.07) is 2.66. The van der Waals surface area contributed by atoms with Crippen LogP contribution in [0.1, 0.15) is 22.0 Å². The molecule has 6 heteroatoms. The van der Waals surface area contributed by atoms with Crippen molar-refractivity contribution in [1.29, 1.82) is 0 Å². The van der Waals surface area contributed by atoms with Crippen LogP contribution in [-0.2, 0) is 0 Å². The highest BCUT2D eigenvalue weighted by atomic mass is 19.4. The summed E-state index contributed by atoms with van der Waals surface area (Å²) in [7, 11) is 0. The predicted molar refractivity (Wildman–Crippen MR) is 47.9 cm³/mol. The number of rotatable bonds is 2.